The van der Waals surface area contributed by atoms with Crippen LogP contribution in [0.3, 0.4) is 0 Å². The molecule has 12 aromatic rings. The summed E-state index contributed by atoms with van der Waals surface area (Å²) in [5.74, 6) is -3.67. The molecule has 0 aliphatic rings. The summed E-state index contributed by atoms with van der Waals surface area (Å²) in [6, 6.07) is 42.4. The minimum atomic E-state index is -0.968. The molecule has 0 fully saturated rings. The number of imidazole rings is 4. The Hall–Kier alpha value is -10.6. The number of carbonyl (C=O) groups excluding carboxylic acids is 2. The lowest BCUT2D eigenvalue weighted by Gasteiger charge is -2.12. The van der Waals surface area contributed by atoms with Crippen molar-refractivity contribution in [3.05, 3.63) is 251 Å². The van der Waals surface area contributed by atoms with Gasteiger partial charge in [-0.05, 0) is 108 Å². The maximum absolute atomic E-state index is 16.1. The van der Waals surface area contributed by atoms with Gasteiger partial charge in [-0.3, -0.25) is 0 Å². The first-order valence-electron chi connectivity index (χ1n) is 27.5. The fraction of sp³-hybridized carbons (Fsp3) is 0.152. The van der Waals surface area contributed by atoms with E-state index in [1.807, 2.05) is 82.2 Å². The minimum absolute atomic E-state index is 0.0112. The zero-order valence-corrected chi connectivity index (χ0v) is 46.8. The molecule has 0 aliphatic heterocycles. The number of nitrogens with zero attached hydrogens (tertiary/aromatic N) is 10. The van der Waals surface area contributed by atoms with Crippen LogP contribution in [0, 0.1) is 23.3 Å². The van der Waals surface area contributed by atoms with E-state index in [-0.39, 0.29) is 109 Å². The van der Waals surface area contributed by atoms with Crippen LogP contribution in [-0.2, 0) is 53.4 Å². The van der Waals surface area contributed by atoms with Crippen LogP contribution in [0.1, 0.15) is 54.9 Å². The van der Waals surface area contributed by atoms with Crippen molar-refractivity contribution in [3.8, 4) is 45.6 Å². The summed E-state index contributed by atoms with van der Waals surface area (Å²) in [6.07, 6.45) is 6.75. The summed E-state index contributed by atoms with van der Waals surface area (Å²) in [5.41, 5.74) is 5.17. The normalized spacial score (nSPS) is 11.4. The molecule has 0 atom stereocenters. The summed E-state index contributed by atoms with van der Waals surface area (Å²) in [4.78, 5) is 54.7. The van der Waals surface area contributed by atoms with E-state index < -0.39 is 35.2 Å². The number of para-hydroxylation sites is 2. The first-order valence-corrected chi connectivity index (χ1v) is 27.5. The molecular formula is C66H52F4N10O7. The van der Waals surface area contributed by atoms with Crippen LogP contribution >= 0.6 is 0 Å². The summed E-state index contributed by atoms with van der Waals surface area (Å²) in [7, 11) is 3.03. The number of halogens is 4. The second-order valence-corrected chi connectivity index (χ2v) is 20.1. The van der Waals surface area contributed by atoms with Crippen molar-refractivity contribution in [2.24, 2.45) is 0 Å². The molecule has 6 heterocycles. The van der Waals surface area contributed by atoms with Crippen LogP contribution in [0.25, 0.3) is 56.0 Å². The molecule has 21 heteroatoms. The predicted molar refractivity (Wildman–Crippen MR) is 314 cm³/mol. The summed E-state index contributed by atoms with van der Waals surface area (Å²) in [6.45, 7) is 1.05. The number of esters is 2. The van der Waals surface area contributed by atoms with Crippen LogP contribution in [0.15, 0.2) is 183 Å². The number of fused-ring (bicyclic) bond motifs is 2. The van der Waals surface area contributed by atoms with Gasteiger partial charge in [0.15, 0.2) is 0 Å². The van der Waals surface area contributed by atoms with Gasteiger partial charge in [0.2, 0.25) is 11.8 Å². The molecule has 436 valence electrons. The molecule has 0 aliphatic carbocycles. The molecule has 6 aromatic heterocycles. The van der Waals surface area contributed by atoms with Gasteiger partial charge in [-0.2, -0.15) is 0 Å². The standard InChI is InChI=1S/C66H52F4N10O7/c1-83-25-23-79-59-29-41(19-21-57(59)73-61(79)31-43-27-53(69)49(33-51(43)67)55-15-9-17-63(75-55)85-37-45-35-77(39-71-45)47-11-5-3-6-12-47)65(81)87-66(82)42-20-22-58-60(30-42)80(24-26-84-2)62(74-58)32-44-28-54(70)50(34-52(44)68)56-16-10-18-64(76-56)86-38-46-36-78(40-72-46)48-13-7-4-8-14-48/h3-22,27-30,33-36,39-40H,23-26,31-32,37-38H2,1-2H3. The molecule has 6 aromatic carbocycles. The first-order chi connectivity index (χ1) is 42.4. The molecule has 0 radical (unpaired) electrons. The maximum atomic E-state index is 16.1. The summed E-state index contributed by atoms with van der Waals surface area (Å²) >= 11 is 0. The van der Waals surface area contributed by atoms with Gasteiger partial charge < -0.3 is 42.0 Å². The van der Waals surface area contributed by atoms with Gasteiger partial charge in [0.1, 0.15) is 48.1 Å². The molecule has 12 rings (SSSR count). The van der Waals surface area contributed by atoms with E-state index in [0.717, 1.165) is 35.6 Å². The lowest BCUT2D eigenvalue weighted by Crippen LogP contribution is -2.14. The van der Waals surface area contributed by atoms with Gasteiger partial charge >= 0.3 is 11.9 Å². The van der Waals surface area contributed by atoms with Gasteiger partial charge in [0.05, 0.1) is 81.8 Å². The number of ether oxygens (including phenoxy) is 5. The highest BCUT2D eigenvalue weighted by atomic mass is 19.1. The number of hydrogen-bond acceptors (Lipinski definition) is 13. The molecule has 0 saturated carbocycles. The Morgan fingerprint density at radius 2 is 0.908 bits per heavy atom. The van der Waals surface area contributed by atoms with E-state index in [1.165, 1.54) is 38.5 Å². The molecule has 0 unspecified atom stereocenters. The monoisotopic (exact) mass is 1170 g/mol. The molecule has 0 spiro atoms. The SMILES string of the molecule is COCCn1c(Cc2cc(F)c(-c3cccc(OCc4cn(-c5ccccc5)cn4)n3)cc2F)nc2ccc(C(=O)OC(=O)c3ccc4nc(Cc5cc(F)c(-c6cccc(OCc7cn(-c8ccccc8)cn7)n6)cc5F)n(CCOC)c4c3)cc21. The van der Waals surface area contributed by atoms with E-state index in [1.54, 1.807) is 70.3 Å². The molecule has 0 bridgehead atoms. The second kappa shape index (κ2) is 25.3. The maximum Gasteiger partial charge on any atom is 0.346 e. The summed E-state index contributed by atoms with van der Waals surface area (Å²) < 4.78 is 99.4. The van der Waals surface area contributed by atoms with Gasteiger partial charge in [-0.25, -0.2) is 57.1 Å². The van der Waals surface area contributed by atoms with Crippen LogP contribution in [0.5, 0.6) is 11.8 Å². The zero-order chi connectivity index (χ0) is 60.0. The van der Waals surface area contributed by atoms with Crippen LogP contribution < -0.4 is 9.47 Å². The average Bonchev–Trinajstić information content (AvgIpc) is 2.48. The van der Waals surface area contributed by atoms with Crippen molar-refractivity contribution < 1.29 is 50.8 Å². The predicted octanol–water partition coefficient (Wildman–Crippen LogP) is 12.1. The molecule has 0 N–H and O–H groups in total. The Labute approximate surface area is 494 Å². The van der Waals surface area contributed by atoms with Crippen molar-refractivity contribution in [1.29, 1.82) is 0 Å². The lowest BCUT2D eigenvalue weighted by molar-refractivity contribution is 0.0397. The number of pyridine rings is 2. The average molecular weight is 1170 g/mol. The van der Waals surface area contributed by atoms with E-state index in [9.17, 15) is 9.59 Å². The Bertz CT molecular complexity index is 4210. The van der Waals surface area contributed by atoms with Gasteiger partial charge in [-0.15, -0.1) is 0 Å². The van der Waals surface area contributed by atoms with E-state index >= 15 is 17.6 Å². The Kier molecular flexibility index (Phi) is 16.5. The number of rotatable bonds is 22. The number of benzene rings is 6. The molecular weight excluding hydrogens is 1120 g/mol. The zero-order valence-electron chi connectivity index (χ0n) is 46.8. The highest BCUT2D eigenvalue weighted by Gasteiger charge is 2.24. The minimum Gasteiger partial charge on any atom is -0.471 e. The van der Waals surface area contributed by atoms with Crippen molar-refractivity contribution in [2.75, 3.05) is 27.4 Å². The summed E-state index contributed by atoms with van der Waals surface area (Å²) in [5, 5.41) is 0. The Morgan fingerprint density at radius 3 is 1.33 bits per heavy atom. The fourth-order valence-electron chi connectivity index (χ4n) is 10.1. The fourth-order valence-corrected chi connectivity index (χ4v) is 10.1. The van der Waals surface area contributed by atoms with Crippen molar-refractivity contribution in [2.45, 2.75) is 39.1 Å². The highest BCUT2D eigenvalue weighted by molar-refractivity contribution is 6.05. The van der Waals surface area contributed by atoms with Gasteiger partial charge in [0.25, 0.3) is 0 Å². The molecule has 0 saturated heterocycles. The first kappa shape index (κ1) is 56.8. The Morgan fingerprint density at radius 1 is 0.471 bits per heavy atom. The van der Waals surface area contributed by atoms with Gasteiger partial charge in [0, 0.05) is 87.2 Å². The van der Waals surface area contributed by atoms with Crippen molar-refractivity contribution in [3.63, 3.8) is 0 Å². The van der Waals surface area contributed by atoms with Crippen molar-refractivity contribution >= 4 is 34.0 Å². The lowest BCUT2D eigenvalue weighted by atomic mass is 10.0. The van der Waals surface area contributed by atoms with Crippen molar-refractivity contribution in [1.82, 2.24) is 48.2 Å². The Balaban J connectivity index is 0.721. The quantitative estimate of drug-likeness (QED) is 0.0356. The number of methoxy groups -OCH3 is 2. The third-order valence-electron chi connectivity index (χ3n) is 14.4. The van der Waals surface area contributed by atoms with Gasteiger partial charge in [-0.1, -0.05) is 48.5 Å². The molecule has 17 nitrogen and oxygen atoms in total. The second-order valence-electron chi connectivity index (χ2n) is 20.1. The number of hydrogen-bond donors (Lipinski definition) is 0. The van der Waals surface area contributed by atoms with E-state index in [4.69, 9.17) is 33.7 Å². The van der Waals surface area contributed by atoms with E-state index in [0.29, 0.717) is 45.1 Å². The number of carbonyl (C=O) groups is 2. The highest BCUT2D eigenvalue weighted by Crippen LogP contribution is 2.31. The molecule has 0 amide bonds. The smallest absolute Gasteiger partial charge is 0.346 e. The topological polar surface area (TPSA) is 177 Å². The van der Waals surface area contributed by atoms with Crippen LogP contribution in [0.2, 0.25) is 0 Å². The third kappa shape index (κ3) is 12.6. The van der Waals surface area contributed by atoms with E-state index in [2.05, 4.69) is 19.9 Å². The third-order valence-corrected chi connectivity index (χ3v) is 14.4. The molecule has 87 heavy (non-hydrogen) atoms. The van der Waals surface area contributed by atoms with Crippen LogP contribution in [-0.4, -0.2) is 87.5 Å². The number of aromatic nitrogens is 10. The largest absolute Gasteiger partial charge is 0.471 e. The van der Waals surface area contributed by atoms with Crippen LogP contribution in [0.4, 0.5) is 17.6 Å².